The van der Waals surface area contributed by atoms with E-state index in [9.17, 15) is 9.59 Å². The van der Waals surface area contributed by atoms with Crippen molar-refractivity contribution in [2.45, 2.75) is 51.5 Å². The summed E-state index contributed by atoms with van der Waals surface area (Å²) in [7, 11) is 2.15. The Morgan fingerprint density at radius 2 is 1.70 bits per heavy atom. The number of ether oxygens (including phenoxy) is 2. The van der Waals surface area contributed by atoms with Crippen molar-refractivity contribution < 1.29 is 19.1 Å². The first-order valence-corrected chi connectivity index (χ1v) is 11.3. The monoisotopic (exact) mass is 415 g/mol. The fourth-order valence-corrected chi connectivity index (χ4v) is 4.63. The summed E-state index contributed by atoms with van der Waals surface area (Å²) in [6.45, 7) is 4.24. The molecule has 0 aromatic heterocycles. The lowest BCUT2D eigenvalue weighted by molar-refractivity contribution is -0.136. The fraction of sp³-hybridized carbons (Fsp3) is 0.652. The molecule has 3 aliphatic heterocycles. The summed E-state index contributed by atoms with van der Waals surface area (Å²) in [6.07, 6.45) is 6.54. The highest BCUT2D eigenvalue weighted by Gasteiger charge is 2.31. The highest BCUT2D eigenvalue weighted by Crippen LogP contribution is 2.36. The Morgan fingerprint density at radius 3 is 2.43 bits per heavy atom. The smallest absolute Gasteiger partial charge is 0.231 e. The first kappa shape index (κ1) is 21.0. The quantitative estimate of drug-likeness (QED) is 0.762. The minimum atomic E-state index is -0.185. The highest BCUT2D eigenvalue weighted by atomic mass is 16.7. The Morgan fingerprint density at radius 1 is 1.00 bits per heavy atom. The molecule has 0 radical (unpaired) electrons. The van der Waals surface area contributed by atoms with Crippen LogP contribution in [-0.4, -0.2) is 61.6 Å². The van der Waals surface area contributed by atoms with E-state index in [1.165, 1.54) is 11.1 Å². The number of nitrogens with one attached hydrogen (secondary N) is 1. The molecule has 1 aromatic rings. The molecular formula is C23H33N3O4. The van der Waals surface area contributed by atoms with Gasteiger partial charge in [0.25, 0.3) is 0 Å². The first-order valence-electron chi connectivity index (χ1n) is 11.3. The van der Waals surface area contributed by atoms with Gasteiger partial charge >= 0.3 is 0 Å². The zero-order chi connectivity index (χ0) is 20.9. The van der Waals surface area contributed by atoms with Crippen molar-refractivity contribution in [2.75, 3.05) is 40.0 Å². The van der Waals surface area contributed by atoms with E-state index in [4.69, 9.17) is 9.47 Å². The molecule has 1 fully saturated rings. The molecule has 0 spiro atoms. The van der Waals surface area contributed by atoms with E-state index < -0.39 is 0 Å². The summed E-state index contributed by atoms with van der Waals surface area (Å²) in [6, 6.07) is 4.30. The average Bonchev–Trinajstić information content (AvgIpc) is 3.36. The number of carbonyl (C=O) groups excluding carboxylic acids is 2. The maximum absolute atomic E-state index is 12.9. The predicted octanol–water partition coefficient (Wildman–Crippen LogP) is 2.32. The molecule has 7 nitrogen and oxygen atoms in total. The summed E-state index contributed by atoms with van der Waals surface area (Å²) in [5.41, 5.74) is 2.67. The zero-order valence-corrected chi connectivity index (χ0v) is 18.0. The van der Waals surface area contributed by atoms with Crippen LogP contribution in [0, 0.1) is 5.92 Å². The van der Waals surface area contributed by atoms with Gasteiger partial charge in [-0.25, -0.2) is 0 Å². The summed E-state index contributed by atoms with van der Waals surface area (Å²) < 4.78 is 11.2. The Kier molecular flexibility index (Phi) is 6.77. The van der Waals surface area contributed by atoms with E-state index in [1.54, 1.807) is 0 Å². The SMILES string of the molecule is CN1CCCCN(C(=O)C2CNC(=O)C2)CCCCCc2cc3c(cc2C1)OCO3. The minimum absolute atomic E-state index is 0.00315. The predicted molar refractivity (Wildman–Crippen MR) is 113 cm³/mol. The molecule has 164 valence electrons. The second-order valence-electron chi connectivity index (χ2n) is 8.76. The summed E-state index contributed by atoms with van der Waals surface area (Å²) in [5.74, 6) is 1.67. The van der Waals surface area contributed by atoms with Crippen LogP contribution in [0.2, 0.25) is 0 Å². The van der Waals surface area contributed by atoms with Crippen molar-refractivity contribution >= 4 is 11.8 Å². The van der Waals surface area contributed by atoms with E-state index in [0.717, 1.165) is 76.2 Å². The molecule has 1 atom stereocenters. The zero-order valence-electron chi connectivity index (χ0n) is 18.0. The molecule has 7 heteroatoms. The number of rotatable bonds is 1. The van der Waals surface area contributed by atoms with Crippen LogP contribution < -0.4 is 14.8 Å². The Labute approximate surface area is 178 Å². The molecule has 3 heterocycles. The van der Waals surface area contributed by atoms with Crippen LogP contribution in [0.5, 0.6) is 11.5 Å². The number of aryl methyl sites for hydroxylation is 1. The lowest BCUT2D eigenvalue weighted by Gasteiger charge is -2.26. The topological polar surface area (TPSA) is 71.1 Å². The molecule has 0 bridgehead atoms. The van der Waals surface area contributed by atoms with Gasteiger partial charge in [-0.3, -0.25) is 9.59 Å². The fourth-order valence-electron chi connectivity index (χ4n) is 4.63. The van der Waals surface area contributed by atoms with Crippen molar-refractivity contribution in [2.24, 2.45) is 5.92 Å². The third-order valence-corrected chi connectivity index (χ3v) is 6.37. The molecule has 1 saturated heterocycles. The third kappa shape index (κ3) is 5.06. The van der Waals surface area contributed by atoms with Gasteiger partial charge in [0.05, 0.1) is 5.92 Å². The van der Waals surface area contributed by atoms with Gasteiger partial charge in [-0.05, 0) is 69.0 Å². The second-order valence-corrected chi connectivity index (χ2v) is 8.76. The first-order chi connectivity index (χ1) is 14.6. The Balaban J connectivity index is 1.41. The van der Waals surface area contributed by atoms with Crippen LogP contribution in [0.3, 0.4) is 0 Å². The number of carbonyl (C=O) groups is 2. The van der Waals surface area contributed by atoms with Crippen LogP contribution in [0.4, 0.5) is 0 Å². The molecule has 1 aromatic carbocycles. The molecule has 0 saturated carbocycles. The third-order valence-electron chi connectivity index (χ3n) is 6.37. The molecule has 1 unspecified atom stereocenters. The van der Waals surface area contributed by atoms with Crippen LogP contribution in [0.25, 0.3) is 0 Å². The molecule has 4 rings (SSSR count). The van der Waals surface area contributed by atoms with Crippen molar-refractivity contribution in [1.29, 1.82) is 0 Å². The maximum Gasteiger partial charge on any atom is 0.231 e. The summed E-state index contributed by atoms with van der Waals surface area (Å²) in [5, 5.41) is 2.79. The van der Waals surface area contributed by atoms with E-state index in [2.05, 4.69) is 29.4 Å². The van der Waals surface area contributed by atoms with Crippen LogP contribution in [0.1, 0.15) is 49.7 Å². The summed E-state index contributed by atoms with van der Waals surface area (Å²) in [4.78, 5) is 28.8. The van der Waals surface area contributed by atoms with Crippen molar-refractivity contribution in [3.8, 4) is 11.5 Å². The van der Waals surface area contributed by atoms with Gasteiger partial charge < -0.3 is 24.6 Å². The summed E-state index contributed by atoms with van der Waals surface area (Å²) >= 11 is 0. The number of fused-ring (bicyclic) bond motifs is 2. The second kappa shape index (κ2) is 9.69. The number of nitrogens with zero attached hydrogens (tertiary/aromatic N) is 2. The van der Waals surface area contributed by atoms with Gasteiger partial charge in [-0.2, -0.15) is 0 Å². The number of amides is 2. The average molecular weight is 416 g/mol. The van der Waals surface area contributed by atoms with Crippen LogP contribution in [0.15, 0.2) is 12.1 Å². The molecule has 2 amide bonds. The molecular weight excluding hydrogens is 382 g/mol. The van der Waals surface area contributed by atoms with Crippen molar-refractivity contribution in [1.82, 2.24) is 15.1 Å². The van der Waals surface area contributed by atoms with Gasteiger partial charge in [-0.15, -0.1) is 0 Å². The largest absolute Gasteiger partial charge is 0.454 e. The van der Waals surface area contributed by atoms with Crippen LogP contribution in [-0.2, 0) is 22.6 Å². The lowest BCUT2D eigenvalue weighted by Crippen LogP contribution is -2.38. The van der Waals surface area contributed by atoms with Gasteiger partial charge in [0.2, 0.25) is 18.6 Å². The highest BCUT2D eigenvalue weighted by molar-refractivity contribution is 5.89. The van der Waals surface area contributed by atoms with Gasteiger partial charge in [0.1, 0.15) is 0 Å². The normalized spacial score (nSPS) is 23.6. The Bertz CT molecular complexity index is 782. The molecule has 3 aliphatic rings. The minimum Gasteiger partial charge on any atom is -0.454 e. The number of benzene rings is 1. The molecule has 30 heavy (non-hydrogen) atoms. The number of hydrogen-bond acceptors (Lipinski definition) is 5. The van der Waals surface area contributed by atoms with E-state index in [1.807, 2.05) is 4.90 Å². The van der Waals surface area contributed by atoms with E-state index in [-0.39, 0.29) is 17.7 Å². The van der Waals surface area contributed by atoms with Gasteiger partial charge in [-0.1, -0.05) is 6.42 Å². The standard InChI is InChI=1S/C23H33N3O4/c1-25-8-5-6-10-26(23(28)18-13-22(27)24-14-18)9-4-2-3-7-17-11-20-21(30-16-29-20)12-19(17)15-25/h11-12,18H,2-10,13-16H2,1H3,(H,24,27). The van der Waals surface area contributed by atoms with Crippen molar-refractivity contribution in [3.63, 3.8) is 0 Å². The van der Waals surface area contributed by atoms with Gasteiger partial charge in [0.15, 0.2) is 11.5 Å². The number of hydrogen-bond donors (Lipinski definition) is 1. The van der Waals surface area contributed by atoms with Gasteiger partial charge in [0, 0.05) is 32.6 Å². The molecule has 1 N–H and O–H groups in total. The van der Waals surface area contributed by atoms with E-state index in [0.29, 0.717) is 19.8 Å². The maximum atomic E-state index is 12.9. The van der Waals surface area contributed by atoms with E-state index >= 15 is 0 Å². The molecule has 0 aliphatic carbocycles. The lowest BCUT2D eigenvalue weighted by atomic mass is 9.99. The van der Waals surface area contributed by atoms with Crippen LogP contribution >= 0.6 is 0 Å². The van der Waals surface area contributed by atoms with Crippen molar-refractivity contribution in [3.05, 3.63) is 23.3 Å². The Hall–Kier alpha value is -2.28.